The average Bonchev–Trinajstić information content (AvgIpc) is 2.94. The maximum absolute atomic E-state index is 5.48. The van der Waals surface area contributed by atoms with Crippen LogP contribution in [0.5, 0.6) is 0 Å². The highest BCUT2D eigenvalue weighted by Crippen LogP contribution is 2.26. The monoisotopic (exact) mass is 228 g/mol. The number of aromatic nitrogens is 1. The first-order valence-electron chi connectivity index (χ1n) is 6.08. The Kier molecular flexibility index (Phi) is 2.92. The number of nitrogens with zero attached hydrogens (tertiary/aromatic N) is 2. The van der Waals surface area contributed by atoms with Gasteiger partial charge in [0.05, 0.1) is 24.0 Å². The molecule has 3 heterocycles. The van der Waals surface area contributed by atoms with Crippen molar-refractivity contribution < 1.29 is 4.74 Å². The van der Waals surface area contributed by atoms with Crippen LogP contribution in [0.4, 0.5) is 0 Å². The topological polar surface area (TPSA) is 25.4 Å². The number of allylic oxidation sites excluding steroid dienone is 2. The molecule has 3 nitrogen and oxygen atoms in total. The van der Waals surface area contributed by atoms with E-state index >= 15 is 0 Å². The molecule has 0 bridgehead atoms. The highest BCUT2D eigenvalue weighted by Gasteiger charge is 2.26. The summed E-state index contributed by atoms with van der Waals surface area (Å²) in [5, 5.41) is 0. The van der Waals surface area contributed by atoms with Crippen LogP contribution in [0, 0.1) is 0 Å². The van der Waals surface area contributed by atoms with Crippen molar-refractivity contribution in [2.24, 2.45) is 0 Å². The number of hydrogen-bond donors (Lipinski definition) is 0. The highest BCUT2D eigenvalue weighted by atomic mass is 16.5. The van der Waals surface area contributed by atoms with Crippen molar-refractivity contribution in [3.8, 4) is 0 Å². The van der Waals surface area contributed by atoms with Gasteiger partial charge in [-0.1, -0.05) is 18.2 Å². The van der Waals surface area contributed by atoms with E-state index in [1.165, 1.54) is 5.70 Å². The third-order valence-corrected chi connectivity index (χ3v) is 3.28. The predicted molar refractivity (Wildman–Crippen MR) is 67.3 cm³/mol. The Balaban J connectivity index is 1.89. The van der Waals surface area contributed by atoms with E-state index in [9.17, 15) is 0 Å². The van der Waals surface area contributed by atoms with Crippen molar-refractivity contribution in [1.82, 2.24) is 9.88 Å². The molecule has 17 heavy (non-hydrogen) atoms. The zero-order valence-electron chi connectivity index (χ0n) is 9.75. The van der Waals surface area contributed by atoms with E-state index in [1.54, 1.807) is 0 Å². The first kappa shape index (κ1) is 10.5. The molecule has 2 aliphatic heterocycles. The van der Waals surface area contributed by atoms with Crippen LogP contribution >= 0.6 is 0 Å². The molecule has 2 aliphatic rings. The standard InChI is InChI=1S/C14H16N2O/c1-3-8-15-13(5-1)14-6-2-4-9-16(14)12-7-10-17-11-12/h1-6,8,12H,7,9-11H2. The van der Waals surface area contributed by atoms with Gasteiger partial charge in [-0.05, 0) is 24.6 Å². The minimum Gasteiger partial charge on any atom is -0.379 e. The second-order valence-corrected chi connectivity index (χ2v) is 4.36. The fourth-order valence-corrected chi connectivity index (χ4v) is 2.39. The second-order valence-electron chi connectivity index (χ2n) is 4.36. The Hall–Kier alpha value is -1.61. The molecule has 88 valence electrons. The summed E-state index contributed by atoms with van der Waals surface area (Å²) in [5.41, 5.74) is 2.26. The third kappa shape index (κ3) is 2.11. The van der Waals surface area contributed by atoms with Crippen LogP contribution in [0.15, 0.2) is 42.6 Å². The van der Waals surface area contributed by atoms with Crippen LogP contribution in [-0.4, -0.2) is 35.7 Å². The Bertz CT molecular complexity index is 433. The molecule has 0 saturated carbocycles. The minimum atomic E-state index is 0.494. The summed E-state index contributed by atoms with van der Waals surface area (Å²) in [7, 11) is 0. The minimum absolute atomic E-state index is 0.494. The summed E-state index contributed by atoms with van der Waals surface area (Å²) in [6.07, 6.45) is 9.39. The zero-order valence-corrected chi connectivity index (χ0v) is 9.75. The summed E-state index contributed by atoms with van der Waals surface area (Å²) in [6, 6.07) is 6.54. The average molecular weight is 228 g/mol. The Morgan fingerprint density at radius 1 is 1.35 bits per heavy atom. The van der Waals surface area contributed by atoms with E-state index in [1.807, 2.05) is 18.3 Å². The normalized spacial score (nSPS) is 23.9. The maximum atomic E-state index is 5.48. The molecule has 3 rings (SSSR count). The predicted octanol–water partition coefficient (Wildman–Crippen LogP) is 2.08. The van der Waals surface area contributed by atoms with Crippen molar-refractivity contribution in [2.75, 3.05) is 19.8 Å². The maximum Gasteiger partial charge on any atom is 0.0863 e. The Morgan fingerprint density at radius 2 is 2.35 bits per heavy atom. The van der Waals surface area contributed by atoms with Gasteiger partial charge >= 0.3 is 0 Å². The van der Waals surface area contributed by atoms with E-state index < -0.39 is 0 Å². The van der Waals surface area contributed by atoms with Crippen LogP contribution in [0.2, 0.25) is 0 Å². The molecule has 0 aromatic carbocycles. The molecule has 0 amide bonds. The molecule has 1 saturated heterocycles. The number of pyridine rings is 1. The molecule has 1 aromatic rings. The fraction of sp³-hybridized carbons (Fsp3) is 0.357. The van der Waals surface area contributed by atoms with E-state index in [0.717, 1.165) is 31.9 Å². The van der Waals surface area contributed by atoms with E-state index in [0.29, 0.717) is 6.04 Å². The number of hydrogen-bond acceptors (Lipinski definition) is 3. The van der Waals surface area contributed by atoms with Gasteiger partial charge in [-0.25, -0.2) is 0 Å². The molecule has 1 aromatic heterocycles. The van der Waals surface area contributed by atoms with Gasteiger partial charge in [0.1, 0.15) is 0 Å². The van der Waals surface area contributed by atoms with Crippen molar-refractivity contribution in [3.63, 3.8) is 0 Å². The van der Waals surface area contributed by atoms with Crippen molar-refractivity contribution in [1.29, 1.82) is 0 Å². The molecular weight excluding hydrogens is 212 g/mol. The molecular formula is C14H16N2O. The molecule has 1 unspecified atom stereocenters. The summed E-state index contributed by atoms with van der Waals surface area (Å²) in [4.78, 5) is 6.84. The van der Waals surface area contributed by atoms with Gasteiger partial charge < -0.3 is 9.64 Å². The lowest BCUT2D eigenvalue weighted by Gasteiger charge is -2.32. The van der Waals surface area contributed by atoms with Crippen molar-refractivity contribution >= 4 is 5.70 Å². The molecule has 1 atom stereocenters. The number of ether oxygens (including phenoxy) is 1. The number of rotatable bonds is 2. The summed E-state index contributed by atoms with van der Waals surface area (Å²) in [5.74, 6) is 0. The quantitative estimate of drug-likeness (QED) is 0.775. The first-order chi connectivity index (χ1) is 8.45. The molecule has 0 N–H and O–H groups in total. The summed E-state index contributed by atoms with van der Waals surface area (Å²) < 4.78 is 5.48. The van der Waals surface area contributed by atoms with E-state index in [-0.39, 0.29) is 0 Å². The van der Waals surface area contributed by atoms with Gasteiger partial charge in [-0.15, -0.1) is 0 Å². The Labute approximate surface area is 101 Å². The highest BCUT2D eigenvalue weighted by molar-refractivity contribution is 5.64. The van der Waals surface area contributed by atoms with Crippen LogP contribution in [0.25, 0.3) is 5.70 Å². The van der Waals surface area contributed by atoms with Crippen molar-refractivity contribution in [3.05, 3.63) is 48.3 Å². The van der Waals surface area contributed by atoms with Gasteiger partial charge in [0.25, 0.3) is 0 Å². The van der Waals surface area contributed by atoms with Crippen LogP contribution < -0.4 is 0 Å². The van der Waals surface area contributed by atoms with Gasteiger partial charge in [-0.2, -0.15) is 0 Å². The molecule has 0 radical (unpaired) electrons. The molecule has 0 spiro atoms. The van der Waals surface area contributed by atoms with Gasteiger partial charge in [0.15, 0.2) is 0 Å². The zero-order chi connectivity index (χ0) is 11.5. The molecule has 1 fully saturated rings. The lowest BCUT2D eigenvalue weighted by molar-refractivity contribution is 0.174. The van der Waals surface area contributed by atoms with Gasteiger partial charge in [0, 0.05) is 19.3 Å². The Morgan fingerprint density at radius 3 is 3.12 bits per heavy atom. The van der Waals surface area contributed by atoms with Gasteiger partial charge in [-0.3, -0.25) is 4.98 Å². The largest absolute Gasteiger partial charge is 0.379 e. The summed E-state index contributed by atoms with van der Waals surface area (Å²) >= 11 is 0. The summed E-state index contributed by atoms with van der Waals surface area (Å²) in [6.45, 7) is 2.66. The smallest absolute Gasteiger partial charge is 0.0863 e. The lowest BCUT2D eigenvalue weighted by Crippen LogP contribution is -2.35. The van der Waals surface area contributed by atoms with Gasteiger partial charge in [0.2, 0.25) is 0 Å². The lowest BCUT2D eigenvalue weighted by atomic mass is 10.1. The van der Waals surface area contributed by atoms with E-state index in [2.05, 4.69) is 34.2 Å². The van der Waals surface area contributed by atoms with Crippen molar-refractivity contribution in [2.45, 2.75) is 12.5 Å². The van der Waals surface area contributed by atoms with E-state index in [4.69, 9.17) is 4.74 Å². The second kappa shape index (κ2) is 4.72. The fourth-order valence-electron chi connectivity index (χ4n) is 2.39. The van der Waals surface area contributed by atoms with Crippen LogP contribution in [0.1, 0.15) is 12.1 Å². The van der Waals surface area contributed by atoms with Crippen LogP contribution in [0.3, 0.4) is 0 Å². The SMILES string of the molecule is C1=CCN(C2CCOC2)C(c2ccccn2)=C1. The first-order valence-corrected chi connectivity index (χ1v) is 6.08. The molecule has 0 aliphatic carbocycles. The van der Waals surface area contributed by atoms with Crippen LogP contribution in [-0.2, 0) is 4.74 Å². The molecule has 3 heteroatoms. The third-order valence-electron chi connectivity index (χ3n) is 3.28.